The van der Waals surface area contributed by atoms with E-state index in [-0.39, 0.29) is 46.8 Å². The van der Waals surface area contributed by atoms with Crippen LogP contribution in [-0.4, -0.2) is 89.6 Å². The number of carboxylic acids is 1. The second-order valence-corrected chi connectivity index (χ2v) is 14.8. The van der Waals surface area contributed by atoms with Crippen LogP contribution in [-0.2, 0) is 30.4 Å². The van der Waals surface area contributed by atoms with Gasteiger partial charge < -0.3 is 34.3 Å². The van der Waals surface area contributed by atoms with Crippen molar-refractivity contribution < 1.29 is 61.3 Å². The highest BCUT2D eigenvalue weighted by molar-refractivity contribution is 6.61. The number of Topliss-reactive ketones (excluding diaryl/α,β-unsaturated/α-hetero) is 1. The summed E-state index contributed by atoms with van der Waals surface area (Å²) in [4.78, 5) is 38.3. The minimum absolute atomic E-state index is 0.0281. The summed E-state index contributed by atoms with van der Waals surface area (Å²) in [5, 5.41) is 29.1. The molecule has 266 valence electrons. The van der Waals surface area contributed by atoms with E-state index in [1.807, 2.05) is 0 Å². The van der Waals surface area contributed by atoms with Crippen molar-refractivity contribution in [2.45, 2.75) is 91.2 Å². The van der Waals surface area contributed by atoms with Crippen molar-refractivity contribution in [3.8, 4) is 5.75 Å². The van der Waals surface area contributed by atoms with Crippen molar-refractivity contribution in [1.82, 2.24) is 4.90 Å². The van der Waals surface area contributed by atoms with Gasteiger partial charge in [0.1, 0.15) is 11.9 Å². The Hall–Kier alpha value is -2.75. The lowest BCUT2D eigenvalue weighted by Crippen LogP contribution is -2.65. The quantitative estimate of drug-likeness (QED) is 0.232. The molecule has 8 atom stereocenters. The number of fused-ring (bicyclic) bond motifs is 1. The molecule has 6 rings (SSSR count). The van der Waals surface area contributed by atoms with E-state index < -0.39 is 60.7 Å². The topological polar surface area (TPSA) is 143 Å². The molecule has 0 aromatic heterocycles. The van der Waals surface area contributed by atoms with E-state index in [0.717, 1.165) is 38.8 Å². The Morgan fingerprint density at radius 2 is 1.83 bits per heavy atom. The lowest BCUT2D eigenvalue weighted by Gasteiger charge is -2.62. The number of alkyl halides is 3. The molecule has 2 aliphatic heterocycles. The number of carbonyl (C=O) groups excluding carboxylic acids is 2. The Morgan fingerprint density at radius 1 is 1.17 bits per heavy atom. The fourth-order valence-electron chi connectivity index (χ4n) is 9.26. The van der Waals surface area contributed by atoms with Crippen molar-refractivity contribution in [3.63, 3.8) is 0 Å². The summed E-state index contributed by atoms with van der Waals surface area (Å²) in [7, 11) is -1.37. The van der Waals surface area contributed by atoms with Gasteiger partial charge in [0.2, 0.25) is 0 Å². The first-order chi connectivity index (χ1) is 22.3. The first kappa shape index (κ1) is 36.5. The second kappa shape index (κ2) is 13.2. The van der Waals surface area contributed by atoms with Gasteiger partial charge in [0.05, 0.1) is 12.7 Å². The number of carboxylic acid groups (broad SMARTS) is 1. The predicted octanol–water partition coefficient (Wildman–Crippen LogP) is 3.48. The van der Waals surface area contributed by atoms with Crippen LogP contribution in [0.25, 0.3) is 0 Å². The van der Waals surface area contributed by atoms with Crippen molar-refractivity contribution in [1.29, 1.82) is 0 Å². The number of likely N-dealkylation sites (tertiary alicyclic amines) is 1. The van der Waals surface area contributed by atoms with E-state index >= 15 is 4.39 Å². The highest BCUT2D eigenvalue weighted by atomic mass is 19.4. The summed E-state index contributed by atoms with van der Waals surface area (Å²) >= 11 is 0. The molecule has 1 aromatic carbocycles. The lowest BCUT2D eigenvalue weighted by atomic mass is 9.44. The minimum atomic E-state index is -5.08. The molecule has 1 aromatic rings. The van der Waals surface area contributed by atoms with E-state index in [9.17, 15) is 32.9 Å². The van der Waals surface area contributed by atoms with E-state index in [0.29, 0.717) is 24.9 Å². The number of benzene rings is 1. The van der Waals surface area contributed by atoms with Crippen molar-refractivity contribution in [2.24, 2.45) is 34.0 Å². The van der Waals surface area contributed by atoms with Crippen LogP contribution in [0.2, 0.25) is 0 Å². The van der Waals surface area contributed by atoms with Crippen LogP contribution >= 0.6 is 0 Å². The van der Waals surface area contributed by atoms with Gasteiger partial charge in [-0.25, -0.2) is 14.0 Å². The fraction of sp³-hybridized carbons (Fsp3) is 0.727. The Kier molecular flexibility index (Phi) is 10.0. The van der Waals surface area contributed by atoms with E-state index in [1.165, 1.54) is 6.07 Å². The molecule has 0 spiro atoms. The zero-order chi connectivity index (χ0) is 35.4. The molecule has 4 fully saturated rings. The smallest absolute Gasteiger partial charge is 0.479 e. The molecule has 0 unspecified atom stereocenters. The average Bonchev–Trinajstić information content (AvgIpc) is 3.55. The van der Waals surface area contributed by atoms with Gasteiger partial charge in [-0.2, -0.15) is 13.2 Å². The normalized spacial score (nSPS) is 36.1. The largest absolute Gasteiger partial charge is 0.494 e. The van der Waals surface area contributed by atoms with Crippen LogP contribution in [0.1, 0.15) is 71.8 Å². The maximum absolute atomic E-state index is 15.1. The number of aliphatic hydroxyl groups excluding tert-OH is 1. The third kappa shape index (κ3) is 6.35. The number of hydrogen-bond donors (Lipinski definition) is 3. The number of halogens is 4. The monoisotopic (exact) mass is 685 g/mol. The SMILES string of the molecule is C[C@@H]1CC[C@@]23CCC(=O)[C@H]2[C@]1(C)[C@H](OC(=O)COc1ccc2c(c1F)B(O)OC2)C[C@@](C)(CN1CCC1)[C@@H](O)[C@@H]3C.O=C(O)C(F)(F)F. The molecule has 1 saturated heterocycles. The number of ether oxygens (including phenoxy) is 2. The molecule has 48 heavy (non-hydrogen) atoms. The van der Waals surface area contributed by atoms with Crippen molar-refractivity contribution >= 4 is 30.3 Å². The highest BCUT2D eigenvalue weighted by Crippen LogP contribution is 2.68. The average molecular weight is 686 g/mol. The van der Waals surface area contributed by atoms with Gasteiger partial charge in [0, 0.05) is 35.2 Å². The molecule has 5 aliphatic rings. The molecular formula is C33H44BF4NO9. The van der Waals surface area contributed by atoms with E-state index in [1.54, 1.807) is 6.07 Å². The molecule has 3 saturated carbocycles. The maximum Gasteiger partial charge on any atom is 0.494 e. The third-order valence-corrected chi connectivity index (χ3v) is 12.2. The van der Waals surface area contributed by atoms with Gasteiger partial charge in [0.25, 0.3) is 0 Å². The van der Waals surface area contributed by atoms with Gasteiger partial charge >= 0.3 is 25.2 Å². The van der Waals surface area contributed by atoms with Gasteiger partial charge in [-0.05, 0) is 74.1 Å². The number of carbonyl (C=O) groups is 3. The summed E-state index contributed by atoms with van der Waals surface area (Å²) in [5.41, 5.74) is -0.910. The third-order valence-electron chi connectivity index (χ3n) is 12.2. The minimum Gasteiger partial charge on any atom is -0.479 e. The zero-order valence-electron chi connectivity index (χ0n) is 27.6. The predicted molar refractivity (Wildman–Crippen MR) is 163 cm³/mol. The second-order valence-electron chi connectivity index (χ2n) is 14.8. The number of aliphatic hydroxyl groups is 1. The Bertz CT molecular complexity index is 1430. The Balaban J connectivity index is 0.000000582. The van der Waals surface area contributed by atoms with E-state index in [4.69, 9.17) is 24.0 Å². The lowest BCUT2D eigenvalue weighted by molar-refractivity contribution is -0.215. The molecule has 3 N–H and O–H groups in total. The van der Waals surface area contributed by atoms with Crippen LogP contribution in [0.15, 0.2) is 12.1 Å². The number of hydrogen-bond acceptors (Lipinski definition) is 9. The van der Waals surface area contributed by atoms with Gasteiger partial charge in [-0.1, -0.05) is 33.8 Å². The molecule has 10 nitrogen and oxygen atoms in total. The number of ketones is 1. The van der Waals surface area contributed by atoms with Gasteiger partial charge in [0.15, 0.2) is 18.2 Å². The number of rotatable bonds is 6. The summed E-state index contributed by atoms with van der Waals surface area (Å²) in [6, 6.07) is 3.04. The highest BCUT2D eigenvalue weighted by Gasteiger charge is 2.68. The fourth-order valence-corrected chi connectivity index (χ4v) is 9.26. The molecule has 0 radical (unpaired) electrons. The Labute approximate surface area is 277 Å². The Morgan fingerprint density at radius 3 is 2.44 bits per heavy atom. The van der Waals surface area contributed by atoms with Gasteiger partial charge in [-0.3, -0.25) is 4.79 Å². The maximum atomic E-state index is 15.1. The molecule has 15 heteroatoms. The number of esters is 1. The number of aliphatic carboxylic acids is 1. The summed E-state index contributed by atoms with van der Waals surface area (Å²) < 4.78 is 63.8. The molecule has 2 bridgehead atoms. The summed E-state index contributed by atoms with van der Waals surface area (Å²) in [5.74, 6) is -4.32. The van der Waals surface area contributed by atoms with Gasteiger partial charge in [-0.15, -0.1) is 0 Å². The van der Waals surface area contributed by atoms with Crippen LogP contribution < -0.4 is 10.2 Å². The first-order valence-electron chi connectivity index (χ1n) is 16.5. The van der Waals surface area contributed by atoms with Crippen LogP contribution in [0, 0.1) is 39.8 Å². The van der Waals surface area contributed by atoms with Crippen molar-refractivity contribution in [2.75, 3.05) is 26.2 Å². The molecule has 0 amide bonds. The van der Waals surface area contributed by atoms with Crippen LogP contribution in [0.3, 0.4) is 0 Å². The molecule has 3 aliphatic carbocycles. The molecular weight excluding hydrogens is 641 g/mol. The van der Waals surface area contributed by atoms with Crippen LogP contribution in [0.5, 0.6) is 5.75 Å². The standard InChI is InChI=1S/C31H43BFNO7.C2HF3O2/c1-18-8-10-31-11-9-21(35)27(31)30(18,4)23(14-29(3,28(37)19(31)2)17-34-12-5-13-34)41-24(36)16-39-22-7-6-20-15-40-32(38)25(20)26(22)33;3-2(4,5)1(6)7/h6-7,18-19,23,27-28,37-38H,5,8-17H2,1-4H3;(H,6,7)/t18-,19+,23-,27+,28+,29+,30+,31+;/m1./s1. The zero-order valence-corrected chi connectivity index (χ0v) is 27.6. The summed E-state index contributed by atoms with van der Waals surface area (Å²) in [6.45, 7) is 10.8. The van der Waals surface area contributed by atoms with Crippen LogP contribution in [0.4, 0.5) is 17.6 Å². The molecule has 2 heterocycles. The van der Waals surface area contributed by atoms with E-state index in [2.05, 4.69) is 32.6 Å². The summed E-state index contributed by atoms with van der Waals surface area (Å²) in [6.07, 6.45) is -1.76. The van der Waals surface area contributed by atoms with Crippen molar-refractivity contribution in [3.05, 3.63) is 23.5 Å². The number of nitrogens with zero attached hydrogens (tertiary/aromatic N) is 1. The first-order valence-corrected chi connectivity index (χ1v) is 16.5.